The maximum atomic E-state index is 13.4. The minimum absolute atomic E-state index is 0.0369. The molecular formula is C38H52N10O6. The van der Waals surface area contributed by atoms with Crippen molar-refractivity contribution >= 4 is 29.8 Å². The first-order chi connectivity index (χ1) is 26.1. The van der Waals surface area contributed by atoms with E-state index >= 15 is 0 Å². The number of nitrogens with one attached hydrogen (secondary N) is 4. The average Bonchev–Trinajstić information content (AvgIpc) is 3.84. The number of alkyl carbamates (subject to hydrolysis) is 1. The Morgan fingerprint density at radius 1 is 0.722 bits per heavy atom. The van der Waals surface area contributed by atoms with Gasteiger partial charge in [-0.3, -0.25) is 14.9 Å². The highest BCUT2D eigenvalue weighted by Gasteiger charge is 2.37. The summed E-state index contributed by atoms with van der Waals surface area (Å²) in [6, 6.07) is 7.01. The summed E-state index contributed by atoms with van der Waals surface area (Å²) in [7, 11) is 1.29. The maximum absolute atomic E-state index is 13.4. The number of aromatic nitrogens is 4. The van der Waals surface area contributed by atoms with Crippen molar-refractivity contribution in [2.75, 3.05) is 50.7 Å². The molecule has 3 fully saturated rings. The number of rotatable bonds is 15. The molecule has 4 atom stereocenters. The Morgan fingerprint density at radius 3 is 1.56 bits per heavy atom. The fraction of sp³-hybridized carbons (Fsp3) is 0.553. The fourth-order valence-corrected chi connectivity index (χ4v) is 7.07. The van der Waals surface area contributed by atoms with Crippen LogP contribution in [0.25, 0.3) is 22.3 Å². The van der Waals surface area contributed by atoms with E-state index < -0.39 is 18.5 Å². The molecule has 54 heavy (non-hydrogen) atoms. The lowest BCUT2D eigenvalue weighted by atomic mass is 10.0. The van der Waals surface area contributed by atoms with Gasteiger partial charge < -0.3 is 40.0 Å². The van der Waals surface area contributed by atoms with Crippen LogP contribution in [0.15, 0.2) is 49.1 Å². The van der Waals surface area contributed by atoms with Crippen LogP contribution in [-0.2, 0) is 23.8 Å². The summed E-state index contributed by atoms with van der Waals surface area (Å²) in [5.41, 5.74) is 3.69. The highest BCUT2D eigenvalue weighted by atomic mass is 16.9. The first-order valence-corrected chi connectivity index (χ1v) is 18.8. The molecule has 16 heteroatoms. The molecule has 0 bridgehead atoms. The third kappa shape index (κ3) is 9.40. The number of methoxy groups -OCH3 is 1. The summed E-state index contributed by atoms with van der Waals surface area (Å²) < 4.78 is 15.4. The smallest absolute Gasteiger partial charge is 0.407 e. The van der Waals surface area contributed by atoms with Crippen LogP contribution in [0.4, 0.5) is 16.7 Å². The molecule has 3 aliphatic heterocycles. The van der Waals surface area contributed by atoms with Gasteiger partial charge in [0.15, 0.2) is 6.79 Å². The Kier molecular flexibility index (Phi) is 12.9. The van der Waals surface area contributed by atoms with Crippen molar-refractivity contribution in [1.29, 1.82) is 0 Å². The van der Waals surface area contributed by atoms with Gasteiger partial charge in [-0.15, -0.1) is 0 Å². The average molecular weight is 745 g/mol. The topological polar surface area (TPSA) is 185 Å². The van der Waals surface area contributed by atoms with Crippen LogP contribution in [0.5, 0.6) is 0 Å². The summed E-state index contributed by atoms with van der Waals surface area (Å²) in [5.74, 6) is 0.941. The van der Waals surface area contributed by atoms with E-state index in [0.29, 0.717) is 38.1 Å². The first kappa shape index (κ1) is 38.8. The molecule has 3 aromatic rings. The normalized spacial score (nSPS) is 19.8. The van der Waals surface area contributed by atoms with Gasteiger partial charge in [-0.05, 0) is 48.6 Å². The number of carbonyl (C=O) groups is 3. The molecule has 16 nitrogen and oxygen atoms in total. The second kappa shape index (κ2) is 17.9. The van der Waals surface area contributed by atoms with E-state index in [0.717, 1.165) is 47.9 Å². The van der Waals surface area contributed by atoms with Gasteiger partial charge in [0.1, 0.15) is 6.04 Å². The standard InChI is InChI=1S/C38H52N10O6/c1-23(2)31(45-37(51)52-5)33(49)47-14-6-8-29(47)20-43-35-39-16-27(17-40-35)25-10-12-26(13-11-25)28-18-41-36(42-19-28)44-21-30-9-7-15-48(30)34(50)32(24(3)4)46-38-53-22-54-38/h10-13,16-19,23-24,29-32,38,46H,6-9,14-15,20-22H2,1-5H3,(H,45,51)(H,39,40,43)(H,41,42,44)/t29-,30-,31-,32-/m0/s1. The summed E-state index contributed by atoms with van der Waals surface area (Å²) in [6.45, 7) is 10.5. The van der Waals surface area contributed by atoms with E-state index in [2.05, 4.69) is 41.2 Å². The molecule has 3 saturated heterocycles. The SMILES string of the molecule is COC(=O)N[C@H](C(=O)N1CCC[C@H]1CNc1ncc(-c2ccc(-c3cnc(NC[C@@H]4CCCN4C(=O)[C@@H](NC4OCO4)C(C)C)nc3)cc2)cn1)C(C)C. The van der Waals surface area contributed by atoms with Gasteiger partial charge in [0.25, 0.3) is 0 Å². The van der Waals surface area contributed by atoms with Crippen LogP contribution >= 0.6 is 0 Å². The van der Waals surface area contributed by atoms with Crippen molar-refractivity contribution in [2.45, 2.75) is 84.0 Å². The van der Waals surface area contributed by atoms with Crippen molar-refractivity contribution in [3.63, 3.8) is 0 Å². The van der Waals surface area contributed by atoms with Crippen molar-refractivity contribution < 1.29 is 28.6 Å². The molecule has 0 spiro atoms. The Bertz CT molecular complexity index is 1700. The van der Waals surface area contributed by atoms with Crippen LogP contribution in [0.1, 0.15) is 53.4 Å². The lowest BCUT2D eigenvalue weighted by Gasteiger charge is -2.35. The van der Waals surface area contributed by atoms with Crippen molar-refractivity contribution in [2.24, 2.45) is 11.8 Å². The largest absolute Gasteiger partial charge is 0.453 e. The predicted octanol–water partition coefficient (Wildman–Crippen LogP) is 3.69. The summed E-state index contributed by atoms with van der Waals surface area (Å²) in [4.78, 5) is 60.5. The molecule has 0 unspecified atom stereocenters. The molecular weight excluding hydrogens is 692 g/mol. The number of benzene rings is 1. The number of nitrogens with zero attached hydrogens (tertiary/aromatic N) is 6. The number of amides is 3. The predicted molar refractivity (Wildman–Crippen MR) is 202 cm³/mol. The van der Waals surface area contributed by atoms with Crippen LogP contribution in [-0.4, -0.2) is 118 Å². The zero-order chi connectivity index (χ0) is 38.2. The van der Waals surface area contributed by atoms with E-state index in [4.69, 9.17) is 14.2 Å². The zero-order valence-electron chi connectivity index (χ0n) is 31.7. The van der Waals surface area contributed by atoms with Gasteiger partial charge in [0.2, 0.25) is 30.1 Å². The molecule has 0 saturated carbocycles. The quantitative estimate of drug-likeness (QED) is 0.177. The third-order valence-electron chi connectivity index (χ3n) is 10.2. The molecule has 0 aliphatic carbocycles. The van der Waals surface area contributed by atoms with Crippen LogP contribution in [0, 0.1) is 11.8 Å². The van der Waals surface area contributed by atoms with Gasteiger partial charge in [-0.2, -0.15) is 0 Å². The Hall–Kier alpha value is -4.93. The number of hydrogen-bond donors (Lipinski definition) is 4. The van der Waals surface area contributed by atoms with E-state index in [1.807, 2.05) is 61.8 Å². The van der Waals surface area contributed by atoms with Gasteiger partial charge >= 0.3 is 6.09 Å². The summed E-state index contributed by atoms with van der Waals surface area (Å²) in [5, 5.41) is 12.5. The summed E-state index contributed by atoms with van der Waals surface area (Å²) >= 11 is 0. The van der Waals surface area contributed by atoms with Crippen molar-refractivity contribution in [1.82, 2.24) is 40.4 Å². The van der Waals surface area contributed by atoms with Gasteiger partial charge in [-0.25, -0.2) is 24.7 Å². The van der Waals surface area contributed by atoms with Gasteiger partial charge in [-0.1, -0.05) is 52.0 Å². The molecule has 3 amide bonds. The highest BCUT2D eigenvalue weighted by Crippen LogP contribution is 2.26. The Labute approximate surface area is 316 Å². The van der Waals surface area contributed by atoms with Crippen LogP contribution in [0.3, 0.4) is 0 Å². The van der Waals surface area contributed by atoms with Crippen molar-refractivity contribution in [3.8, 4) is 22.3 Å². The second-order valence-electron chi connectivity index (χ2n) is 14.6. The highest BCUT2D eigenvalue weighted by molar-refractivity contribution is 5.86. The van der Waals surface area contributed by atoms with E-state index in [9.17, 15) is 14.4 Å². The molecule has 4 N–H and O–H groups in total. The third-order valence-corrected chi connectivity index (χ3v) is 10.2. The molecule has 0 radical (unpaired) electrons. The minimum Gasteiger partial charge on any atom is -0.453 e. The molecule has 3 aliphatic rings. The number of carbonyl (C=O) groups excluding carboxylic acids is 3. The lowest BCUT2D eigenvalue weighted by molar-refractivity contribution is -0.335. The van der Waals surface area contributed by atoms with Crippen molar-refractivity contribution in [3.05, 3.63) is 49.1 Å². The molecule has 290 valence electrons. The van der Waals surface area contributed by atoms with E-state index in [1.54, 1.807) is 24.8 Å². The minimum atomic E-state index is -0.656. The Balaban J connectivity index is 0.987. The van der Waals surface area contributed by atoms with Gasteiger partial charge in [0, 0.05) is 74.2 Å². The number of anilines is 2. The fourth-order valence-electron chi connectivity index (χ4n) is 7.07. The van der Waals surface area contributed by atoms with E-state index in [-0.39, 0.29) is 48.6 Å². The molecule has 5 heterocycles. The number of likely N-dealkylation sites (tertiary alicyclic amines) is 2. The number of hydrogen-bond acceptors (Lipinski definition) is 13. The lowest BCUT2D eigenvalue weighted by Crippen LogP contribution is -2.57. The van der Waals surface area contributed by atoms with Gasteiger partial charge in [0.05, 0.1) is 13.2 Å². The second-order valence-corrected chi connectivity index (χ2v) is 14.6. The van der Waals surface area contributed by atoms with E-state index in [1.165, 1.54) is 7.11 Å². The number of ether oxygens (including phenoxy) is 3. The molecule has 1 aromatic carbocycles. The first-order valence-electron chi connectivity index (χ1n) is 18.8. The monoisotopic (exact) mass is 744 g/mol. The molecule has 6 rings (SSSR count). The maximum Gasteiger partial charge on any atom is 0.407 e. The van der Waals surface area contributed by atoms with Crippen LogP contribution in [0.2, 0.25) is 0 Å². The molecule has 2 aromatic heterocycles. The Morgan fingerprint density at radius 2 is 1.17 bits per heavy atom. The summed E-state index contributed by atoms with van der Waals surface area (Å²) in [6.07, 6.45) is 9.58. The zero-order valence-corrected chi connectivity index (χ0v) is 31.7. The van der Waals surface area contributed by atoms with Crippen LogP contribution < -0.4 is 21.3 Å².